The average Bonchev–Trinajstić information content (AvgIpc) is 3.18. The van der Waals surface area contributed by atoms with Gasteiger partial charge < -0.3 is 26.4 Å². The second-order valence-electron chi connectivity index (χ2n) is 8.28. The van der Waals surface area contributed by atoms with E-state index in [1.54, 1.807) is 13.8 Å². The Kier molecular flexibility index (Phi) is 10.1. The highest BCUT2D eigenvalue weighted by Gasteiger charge is 2.31. The summed E-state index contributed by atoms with van der Waals surface area (Å²) in [5.74, 6) is -2.50. The summed E-state index contributed by atoms with van der Waals surface area (Å²) in [5.41, 5.74) is 0. The fourth-order valence-electron chi connectivity index (χ4n) is 3.22. The lowest BCUT2D eigenvalue weighted by Crippen LogP contribution is -2.57. The Morgan fingerprint density at radius 1 is 1.03 bits per heavy atom. The molecule has 3 amide bonds. The van der Waals surface area contributed by atoms with Gasteiger partial charge in [-0.2, -0.15) is 0 Å². The van der Waals surface area contributed by atoms with Crippen molar-refractivity contribution >= 4 is 23.7 Å². The van der Waals surface area contributed by atoms with Crippen LogP contribution in [0.3, 0.4) is 0 Å². The number of aliphatic carboxylic acids is 1. The van der Waals surface area contributed by atoms with Gasteiger partial charge in [-0.1, -0.05) is 34.1 Å². The van der Waals surface area contributed by atoms with Gasteiger partial charge in [-0.05, 0) is 44.6 Å². The Morgan fingerprint density at radius 3 is 2.17 bits per heavy atom. The lowest BCUT2D eigenvalue weighted by Gasteiger charge is -2.26. The van der Waals surface area contributed by atoms with Crippen LogP contribution in [0, 0.1) is 11.8 Å². The second-order valence-corrected chi connectivity index (χ2v) is 8.28. The minimum absolute atomic E-state index is 0.102. The quantitative estimate of drug-likeness (QED) is 0.333. The van der Waals surface area contributed by atoms with E-state index in [2.05, 4.69) is 21.3 Å². The lowest BCUT2D eigenvalue weighted by atomic mass is 9.97. The third-order valence-electron chi connectivity index (χ3n) is 5.25. The zero-order valence-corrected chi connectivity index (χ0v) is 18.1. The maximum atomic E-state index is 12.7. The summed E-state index contributed by atoms with van der Waals surface area (Å²) in [6.07, 6.45) is 2.59. The van der Waals surface area contributed by atoms with E-state index in [-0.39, 0.29) is 23.8 Å². The molecule has 5 unspecified atom stereocenters. The molecule has 0 aromatic carbocycles. The van der Waals surface area contributed by atoms with Crippen molar-refractivity contribution in [3.8, 4) is 0 Å². The molecule has 9 heteroatoms. The summed E-state index contributed by atoms with van der Waals surface area (Å²) < 4.78 is 0. The molecule has 9 nitrogen and oxygen atoms in total. The summed E-state index contributed by atoms with van der Waals surface area (Å²) >= 11 is 0. The zero-order chi connectivity index (χ0) is 22.1. The van der Waals surface area contributed by atoms with Crippen LogP contribution in [0.2, 0.25) is 0 Å². The van der Waals surface area contributed by atoms with E-state index in [1.165, 1.54) is 0 Å². The molecule has 1 rings (SSSR count). The van der Waals surface area contributed by atoms with E-state index in [0.29, 0.717) is 12.8 Å². The first kappa shape index (κ1) is 24.9. The van der Waals surface area contributed by atoms with Gasteiger partial charge in [0.2, 0.25) is 17.7 Å². The summed E-state index contributed by atoms with van der Waals surface area (Å²) in [7, 11) is 0. The smallest absolute Gasteiger partial charge is 0.326 e. The standard InChI is InChI=1S/C20H36N4O5/c1-6-12(4)16(20(28)29)24-19(27)15(10-11(2)3)23-17(25)13(5)22-18(26)14-8-7-9-21-14/h11-16,21H,6-10H2,1-5H3,(H,22,26)(H,23,25)(H,24,27)(H,28,29). The lowest BCUT2D eigenvalue weighted by molar-refractivity contribution is -0.144. The topological polar surface area (TPSA) is 137 Å². The van der Waals surface area contributed by atoms with Crippen LogP contribution in [-0.2, 0) is 19.2 Å². The van der Waals surface area contributed by atoms with Crippen molar-refractivity contribution in [3.05, 3.63) is 0 Å². The maximum Gasteiger partial charge on any atom is 0.326 e. The molecule has 1 aliphatic heterocycles. The molecule has 166 valence electrons. The van der Waals surface area contributed by atoms with Crippen molar-refractivity contribution in [2.75, 3.05) is 6.54 Å². The third-order valence-corrected chi connectivity index (χ3v) is 5.25. The van der Waals surface area contributed by atoms with Gasteiger partial charge in [0.1, 0.15) is 18.1 Å². The number of rotatable bonds is 11. The van der Waals surface area contributed by atoms with E-state index >= 15 is 0 Å². The van der Waals surface area contributed by atoms with Gasteiger partial charge in [-0.15, -0.1) is 0 Å². The van der Waals surface area contributed by atoms with Gasteiger partial charge in [0.05, 0.1) is 6.04 Å². The molecule has 0 aromatic heterocycles. The van der Waals surface area contributed by atoms with E-state index in [4.69, 9.17) is 0 Å². The molecule has 1 heterocycles. The number of carbonyl (C=O) groups excluding carboxylic acids is 3. The van der Waals surface area contributed by atoms with Gasteiger partial charge in [0.25, 0.3) is 0 Å². The fourth-order valence-corrected chi connectivity index (χ4v) is 3.22. The molecule has 0 spiro atoms. The van der Waals surface area contributed by atoms with Crippen LogP contribution in [0.5, 0.6) is 0 Å². The van der Waals surface area contributed by atoms with Crippen LogP contribution in [0.15, 0.2) is 0 Å². The molecule has 1 fully saturated rings. The molecule has 5 atom stereocenters. The zero-order valence-electron chi connectivity index (χ0n) is 18.1. The van der Waals surface area contributed by atoms with Crippen LogP contribution in [0.1, 0.15) is 60.3 Å². The molecule has 0 aromatic rings. The first-order valence-corrected chi connectivity index (χ1v) is 10.4. The van der Waals surface area contributed by atoms with Gasteiger partial charge in [0, 0.05) is 0 Å². The highest BCUT2D eigenvalue weighted by atomic mass is 16.4. The number of carboxylic acid groups (broad SMARTS) is 1. The first-order valence-electron chi connectivity index (χ1n) is 10.4. The van der Waals surface area contributed by atoms with E-state index < -0.39 is 35.9 Å². The Hall–Kier alpha value is -2.16. The van der Waals surface area contributed by atoms with E-state index in [9.17, 15) is 24.3 Å². The van der Waals surface area contributed by atoms with Crippen molar-refractivity contribution < 1.29 is 24.3 Å². The van der Waals surface area contributed by atoms with Crippen molar-refractivity contribution in [1.82, 2.24) is 21.3 Å². The van der Waals surface area contributed by atoms with E-state index in [1.807, 2.05) is 20.8 Å². The normalized spacial score (nSPS) is 20.4. The Morgan fingerprint density at radius 2 is 1.69 bits per heavy atom. The predicted molar refractivity (Wildman–Crippen MR) is 109 cm³/mol. The summed E-state index contributed by atoms with van der Waals surface area (Å²) in [6, 6.07) is -3.01. The largest absolute Gasteiger partial charge is 0.480 e. The molecular formula is C20H36N4O5. The summed E-state index contributed by atoms with van der Waals surface area (Å²) in [4.78, 5) is 49.0. The first-order chi connectivity index (χ1) is 13.6. The number of carbonyl (C=O) groups is 4. The van der Waals surface area contributed by atoms with E-state index in [0.717, 1.165) is 19.4 Å². The molecule has 0 radical (unpaired) electrons. The van der Waals surface area contributed by atoms with Gasteiger partial charge in [-0.3, -0.25) is 14.4 Å². The van der Waals surface area contributed by atoms with Crippen LogP contribution in [-0.4, -0.2) is 59.5 Å². The molecule has 0 saturated carbocycles. The van der Waals surface area contributed by atoms with Gasteiger partial charge in [0.15, 0.2) is 0 Å². The molecule has 0 bridgehead atoms. The van der Waals surface area contributed by atoms with Crippen LogP contribution in [0.4, 0.5) is 0 Å². The molecule has 5 N–H and O–H groups in total. The minimum Gasteiger partial charge on any atom is -0.480 e. The monoisotopic (exact) mass is 412 g/mol. The van der Waals surface area contributed by atoms with Crippen molar-refractivity contribution in [2.45, 2.75) is 84.5 Å². The number of carboxylic acids is 1. The van der Waals surface area contributed by atoms with Crippen LogP contribution >= 0.6 is 0 Å². The average molecular weight is 413 g/mol. The highest BCUT2D eigenvalue weighted by Crippen LogP contribution is 2.11. The molecular weight excluding hydrogens is 376 g/mol. The Bertz CT molecular complexity index is 589. The number of hydrogen-bond acceptors (Lipinski definition) is 5. The predicted octanol–water partition coefficient (Wildman–Crippen LogP) is 0.390. The molecule has 1 aliphatic rings. The minimum atomic E-state index is -1.10. The fraction of sp³-hybridized carbons (Fsp3) is 0.800. The van der Waals surface area contributed by atoms with Crippen LogP contribution in [0.25, 0.3) is 0 Å². The van der Waals surface area contributed by atoms with Crippen molar-refractivity contribution in [1.29, 1.82) is 0 Å². The molecule has 1 saturated heterocycles. The third kappa shape index (κ3) is 8.00. The van der Waals surface area contributed by atoms with Crippen LogP contribution < -0.4 is 21.3 Å². The maximum absolute atomic E-state index is 12.7. The van der Waals surface area contributed by atoms with Crippen molar-refractivity contribution in [3.63, 3.8) is 0 Å². The second kappa shape index (κ2) is 11.7. The van der Waals surface area contributed by atoms with Gasteiger partial charge >= 0.3 is 5.97 Å². The Balaban J connectivity index is 2.75. The number of nitrogens with one attached hydrogen (secondary N) is 4. The van der Waals surface area contributed by atoms with Gasteiger partial charge in [-0.25, -0.2) is 4.79 Å². The molecule has 29 heavy (non-hydrogen) atoms. The SMILES string of the molecule is CCC(C)C(NC(=O)C(CC(C)C)NC(=O)C(C)NC(=O)C1CCCN1)C(=O)O. The number of amides is 3. The van der Waals surface area contributed by atoms with Crippen molar-refractivity contribution in [2.24, 2.45) is 11.8 Å². The summed E-state index contributed by atoms with van der Waals surface area (Å²) in [5, 5.41) is 20.4. The summed E-state index contributed by atoms with van der Waals surface area (Å²) in [6.45, 7) is 9.76. The Labute approximate surface area is 172 Å². The number of hydrogen-bond donors (Lipinski definition) is 5. The molecule has 0 aliphatic carbocycles. The highest BCUT2D eigenvalue weighted by molar-refractivity contribution is 5.94.